The molecule has 1 atom stereocenters. The van der Waals surface area contributed by atoms with Crippen LogP contribution in [0.25, 0.3) is 11.3 Å². The smallest absolute Gasteiger partial charge is 0.261 e. The van der Waals surface area contributed by atoms with Crippen molar-refractivity contribution in [2.75, 3.05) is 6.54 Å². The number of carbonyl (C=O) groups excluding carboxylic acids is 1. The monoisotopic (exact) mass is 394 g/mol. The molecule has 5 nitrogen and oxygen atoms in total. The lowest BCUT2D eigenvalue weighted by Crippen LogP contribution is -2.41. The predicted octanol–water partition coefficient (Wildman–Crippen LogP) is 4.14. The standard InChI is InChI=1S/C19H27ClN4OS/c1-12-17(24(2)23-18(12)20)14-9-16(26-11-14)19(25)22-15(10-21)8-13-6-4-3-5-7-13/h9,11,13,15H,3-8,10,21H2,1-2H3,(H,22,25)/t15-/m0/s1. The fourth-order valence-corrected chi connectivity index (χ4v) is 4.87. The highest BCUT2D eigenvalue weighted by atomic mass is 35.5. The number of thiophene rings is 1. The molecule has 1 amide bonds. The van der Waals surface area contributed by atoms with Crippen LogP contribution in [0.5, 0.6) is 0 Å². The maximum Gasteiger partial charge on any atom is 0.261 e. The molecule has 26 heavy (non-hydrogen) atoms. The lowest BCUT2D eigenvalue weighted by Gasteiger charge is -2.26. The summed E-state index contributed by atoms with van der Waals surface area (Å²) in [7, 11) is 1.86. The molecule has 1 aliphatic rings. The first-order chi connectivity index (χ1) is 12.5. The van der Waals surface area contributed by atoms with Crippen molar-refractivity contribution in [3.05, 3.63) is 27.0 Å². The first-order valence-electron chi connectivity index (χ1n) is 9.28. The average molecular weight is 395 g/mol. The molecule has 0 saturated heterocycles. The second-order valence-electron chi connectivity index (χ2n) is 7.23. The Morgan fingerprint density at radius 2 is 2.19 bits per heavy atom. The van der Waals surface area contributed by atoms with Crippen LogP contribution in [-0.2, 0) is 7.05 Å². The number of halogens is 1. The molecule has 0 aliphatic heterocycles. The molecule has 7 heteroatoms. The van der Waals surface area contributed by atoms with Crippen LogP contribution in [0.2, 0.25) is 5.15 Å². The summed E-state index contributed by atoms with van der Waals surface area (Å²) in [6.07, 6.45) is 7.45. The van der Waals surface area contributed by atoms with Crippen molar-refractivity contribution in [3.63, 3.8) is 0 Å². The Kier molecular flexibility index (Phi) is 6.37. The number of carbonyl (C=O) groups is 1. The molecule has 2 heterocycles. The van der Waals surface area contributed by atoms with E-state index in [1.165, 1.54) is 43.4 Å². The second-order valence-corrected chi connectivity index (χ2v) is 8.50. The van der Waals surface area contributed by atoms with Crippen LogP contribution in [-0.4, -0.2) is 28.3 Å². The zero-order chi connectivity index (χ0) is 18.7. The van der Waals surface area contributed by atoms with Crippen molar-refractivity contribution >= 4 is 28.8 Å². The number of nitrogens with zero attached hydrogens (tertiary/aromatic N) is 2. The lowest BCUT2D eigenvalue weighted by atomic mass is 9.85. The highest BCUT2D eigenvalue weighted by Gasteiger charge is 2.21. The van der Waals surface area contributed by atoms with Crippen LogP contribution in [0.1, 0.15) is 53.8 Å². The van der Waals surface area contributed by atoms with Gasteiger partial charge in [0.2, 0.25) is 0 Å². The minimum atomic E-state index is -0.0431. The van der Waals surface area contributed by atoms with Crippen molar-refractivity contribution in [2.45, 2.75) is 51.5 Å². The van der Waals surface area contributed by atoms with Gasteiger partial charge in [0.25, 0.3) is 5.91 Å². The van der Waals surface area contributed by atoms with Gasteiger partial charge in [0, 0.05) is 36.1 Å². The molecule has 3 N–H and O–H groups in total. The van der Waals surface area contributed by atoms with Crippen molar-refractivity contribution in [1.29, 1.82) is 0 Å². The van der Waals surface area contributed by atoms with Gasteiger partial charge in [-0.2, -0.15) is 5.10 Å². The summed E-state index contributed by atoms with van der Waals surface area (Å²) < 4.78 is 1.76. The summed E-state index contributed by atoms with van der Waals surface area (Å²) in [5.74, 6) is 0.647. The Balaban J connectivity index is 1.67. The molecule has 1 fully saturated rings. The van der Waals surface area contributed by atoms with Crippen LogP contribution in [0.15, 0.2) is 11.4 Å². The summed E-state index contributed by atoms with van der Waals surface area (Å²) in [6.45, 7) is 2.42. The van der Waals surface area contributed by atoms with Gasteiger partial charge < -0.3 is 11.1 Å². The number of hydrogen-bond acceptors (Lipinski definition) is 4. The van der Waals surface area contributed by atoms with Crippen molar-refractivity contribution in [2.24, 2.45) is 18.7 Å². The molecule has 1 saturated carbocycles. The van der Waals surface area contributed by atoms with E-state index >= 15 is 0 Å². The number of hydrogen-bond donors (Lipinski definition) is 2. The molecular weight excluding hydrogens is 368 g/mol. The van der Waals surface area contributed by atoms with E-state index in [2.05, 4.69) is 10.4 Å². The molecular formula is C19H27ClN4OS. The van der Waals surface area contributed by atoms with Gasteiger partial charge in [-0.05, 0) is 25.3 Å². The molecule has 0 aromatic carbocycles. The highest BCUT2D eigenvalue weighted by molar-refractivity contribution is 7.12. The maximum atomic E-state index is 12.7. The van der Waals surface area contributed by atoms with Gasteiger partial charge in [-0.15, -0.1) is 11.3 Å². The minimum Gasteiger partial charge on any atom is -0.347 e. The van der Waals surface area contributed by atoms with E-state index < -0.39 is 0 Å². The lowest BCUT2D eigenvalue weighted by molar-refractivity contribution is 0.0934. The van der Waals surface area contributed by atoms with Gasteiger partial charge >= 0.3 is 0 Å². The number of nitrogens with one attached hydrogen (secondary N) is 1. The van der Waals surface area contributed by atoms with Crippen LogP contribution < -0.4 is 11.1 Å². The quantitative estimate of drug-likeness (QED) is 0.773. The van der Waals surface area contributed by atoms with E-state index in [9.17, 15) is 4.79 Å². The first-order valence-corrected chi connectivity index (χ1v) is 10.5. The van der Waals surface area contributed by atoms with Gasteiger partial charge in [0.05, 0.1) is 10.6 Å². The summed E-state index contributed by atoms with van der Waals surface area (Å²) in [5, 5.41) is 9.84. The zero-order valence-corrected chi connectivity index (χ0v) is 17.0. The number of rotatable bonds is 6. The van der Waals surface area contributed by atoms with E-state index in [0.717, 1.165) is 23.2 Å². The average Bonchev–Trinajstić information content (AvgIpc) is 3.20. The Labute approximate surface area is 163 Å². The van der Waals surface area contributed by atoms with E-state index in [0.29, 0.717) is 22.5 Å². The SMILES string of the molecule is Cc1c(Cl)nn(C)c1-c1csc(C(=O)N[C@H](CN)CC2CCCCC2)c1. The number of nitrogens with two attached hydrogens (primary N) is 1. The van der Waals surface area contributed by atoms with E-state index in [1.807, 2.05) is 25.4 Å². The fourth-order valence-electron chi connectivity index (χ4n) is 3.88. The molecule has 0 radical (unpaired) electrons. The van der Waals surface area contributed by atoms with Gasteiger partial charge in [-0.1, -0.05) is 43.7 Å². The van der Waals surface area contributed by atoms with Crippen molar-refractivity contribution in [3.8, 4) is 11.3 Å². The third-order valence-corrected chi connectivity index (χ3v) is 6.57. The highest BCUT2D eigenvalue weighted by Crippen LogP contribution is 2.31. The third kappa shape index (κ3) is 4.30. The molecule has 2 aromatic rings. The van der Waals surface area contributed by atoms with Gasteiger partial charge in [-0.3, -0.25) is 9.48 Å². The Morgan fingerprint density at radius 1 is 1.46 bits per heavy atom. The molecule has 0 unspecified atom stereocenters. The number of amides is 1. The van der Waals surface area contributed by atoms with Gasteiger partial charge in [0.15, 0.2) is 5.15 Å². The van der Waals surface area contributed by atoms with Crippen LogP contribution >= 0.6 is 22.9 Å². The largest absolute Gasteiger partial charge is 0.347 e. The summed E-state index contributed by atoms with van der Waals surface area (Å²) in [6, 6.07) is 1.96. The zero-order valence-electron chi connectivity index (χ0n) is 15.4. The first kappa shape index (κ1) is 19.4. The number of aryl methyl sites for hydroxylation is 1. The predicted molar refractivity (Wildman–Crippen MR) is 108 cm³/mol. The molecule has 2 aromatic heterocycles. The molecule has 1 aliphatic carbocycles. The van der Waals surface area contributed by atoms with Gasteiger partial charge in [0.1, 0.15) is 0 Å². The Morgan fingerprint density at radius 3 is 2.81 bits per heavy atom. The summed E-state index contributed by atoms with van der Waals surface area (Å²) in [4.78, 5) is 13.4. The normalized spacial score (nSPS) is 16.6. The van der Waals surface area contributed by atoms with E-state index in [-0.39, 0.29) is 11.9 Å². The van der Waals surface area contributed by atoms with Crippen molar-refractivity contribution < 1.29 is 4.79 Å². The summed E-state index contributed by atoms with van der Waals surface area (Å²) in [5.41, 5.74) is 8.76. The van der Waals surface area contributed by atoms with Crippen molar-refractivity contribution in [1.82, 2.24) is 15.1 Å². The topological polar surface area (TPSA) is 72.9 Å². The molecule has 3 rings (SSSR count). The van der Waals surface area contributed by atoms with Crippen LogP contribution in [0, 0.1) is 12.8 Å². The van der Waals surface area contributed by atoms with Crippen LogP contribution in [0.4, 0.5) is 0 Å². The van der Waals surface area contributed by atoms with Crippen LogP contribution in [0.3, 0.4) is 0 Å². The molecule has 0 bridgehead atoms. The maximum absolute atomic E-state index is 12.7. The minimum absolute atomic E-state index is 0.0431. The Hall–Kier alpha value is -1.37. The second kappa shape index (κ2) is 8.55. The van der Waals surface area contributed by atoms with E-state index in [1.54, 1.807) is 4.68 Å². The molecule has 0 spiro atoms. The Bertz CT molecular complexity index is 764. The number of aromatic nitrogens is 2. The van der Waals surface area contributed by atoms with E-state index in [4.69, 9.17) is 17.3 Å². The van der Waals surface area contributed by atoms with Gasteiger partial charge in [-0.25, -0.2) is 0 Å². The third-order valence-electron chi connectivity index (χ3n) is 5.29. The summed E-state index contributed by atoms with van der Waals surface area (Å²) >= 11 is 7.55. The molecule has 142 valence electrons. The fraction of sp³-hybridized carbons (Fsp3) is 0.579.